The quantitative estimate of drug-likeness (QED) is 0.880. The largest absolute Gasteiger partial charge is 0.324 e. The van der Waals surface area contributed by atoms with Crippen molar-refractivity contribution >= 4 is 11.6 Å². The Labute approximate surface area is 121 Å². The maximum absolute atomic E-state index is 12.2. The van der Waals surface area contributed by atoms with Crippen LogP contribution in [0.1, 0.15) is 25.0 Å². The molecule has 0 unspecified atom stereocenters. The fourth-order valence-electron chi connectivity index (χ4n) is 2.74. The lowest BCUT2D eigenvalue weighted by molar-refractivity contribution is -0.117. The summed E-state index contributed by atoms with van der Waals surface area (Å²) in [4.78, 5) is 14.4. The van der Waals surface area contributed by atoms with E-state index in [1.165, 1.54) is 5.56 Å². The molecule has 1 aliphatic heterocycles. The van der Waals surface area contributed by atoms with Gasteiger partial charge >= 0.3 is 0 Å². The van der Waals surface area contributed by atoms with Crippen molar-refractivity contribution in [3.8, 4) is 0 Å². The van der Waals surface area contributed by atoms with Gasteiger partial charge in [-0.15, -0.1) is 0 Å². The van der Waals surface area contributed by atoms with Crippen molar-refractivity contribution in [3.63, 3.8) is 0 Å². The van der Waals surface area contributed by atoms with Gasteiger partial charge in [0.15, 0.2) is 0 Å². The van der Waals surface area contributed by atoms with E-state index < -0.39 is 0 Å². The maximum atomic E-state index is 12.2. The fourth-order valence-corrected chi connectivity index (χ4v) is 2.74. The zero-order valence-electron chi connectivity index (χ0n) is 12.7. The van der Waals surface area contributed by atoms with Gasteiger partial charge in [-0.1, -0.05) is 25.1 Å². The number of benzene rings is 1. The Bertz CT molecular complexity index is 473. The molecular formula is C16H25N3O. The van der Waals surface area contributed by atoms with Crippen LogP contribution in [0.3, 0.4) is 0 Å². The van der Waals surface area contributed by atoms with Gasteiger partial charge in [-0.2, -0.15) is 0 Å². The zero-order chi connectivity index (χ0) is 14.5. The number of hydrogen-bond acceptors (Lipinski definition) is 3. The summed E-state index contributed by atoms with van der Waals surface area (Å²) in [6.45, 7) is 9.61. The zero-order valence-corrected chi connectivity index (χ0v) is 12.7. The van der Waals surface area contributed by atoms with Crippen molar-refractivity contribution < 1.29 is 4.79 Å². The summed E-state index contributed by atoms with van der Waals surface area (Å²) in [6, 6.07) is 6.63. The first-order valence-electron chi connectivity index (χ1n) is 7.44. The lowest BCUT2D eigenvalue weighted by Gasteiger charge is -2.31. The van der Waals surface area contributed by atoms with Crippen LogP contribution in [0.25, 0.3) is 0 Å². The van der Waals surface area contributed by atoms with Crippen LogP contribution in [0.2, 0.25) is 0 Å². The molecule has 0 aromatic heterocycles. The highest BCUT2D eigenvalue weighted by molar-refractivity contribution is 5.93. The van der Waals surface area contributed by atoms with Gasteiger partial charge in [-0.3, -0.25) is 9.69 Å². The summed E-state index contributed by atoms with van der Waals surface area (Å²) in [5.74, 6) is 0.0862. The molecule has 1 atom stereocenters. The number of para-hydroxylation sites is 1. The van der Waals surface area contributed by atoms with Gasteiger partial charge in [0.2, 0.25) is 5.91 Å². The monoisotopic (exact) mass is 275 g/mol. The average molecular weight is 275 g/mol. The Hall–Kier alpha value is -1.39. The van der Waals surface area contributed by atoms with Gasteiger partial charge in [-0.25, -0.2) is 0 Å². The van der Waals surface area contributed by atoms with Crippen LogP contribution in [0.4, 0.5) is 5.69 Å². The molecular weight excluding hydrogens is 250 g/mol. The molecule has 1 saturated heterocycles. The van der Waals surface area contributed by atoms with Crippen molar-refractivity contribution in [2.24, 2.45) is 0 Å². The lowest BCUT2D eigenvalue weighted by Crippen LogP contribution is -2.51. The molecule has 2 N–H and O–H groups in total. The average Bonchev–Trinajstić information content (AvgIpc) is 2.41. The highest BCUT2D eigenvalue weighted by Gasteiger charge is 2.18. The fraction of sp³-hybridized carbons (Fsp3) is 0.562. The molecule has 20 heavy (non-hydrogen) atoms. The number of nitrogens with one attached hydrogen (secondary N) is 2. The third-order valence-corrected chi connectivity index (χ3v) is 3.82. The first-order valence-corrected chi connectivity index (χ1v) is 7.44. The molecule has 1 aliphatic rings. The number of hydrogen-bond donors (Lipinski definition) is 2. The molecule has 0 bridgehead atoms. The Kier molecular flexibility index (Phi) is 5.15. The maximum Gasteiger partial charge on any atom is 0.238 e. The van der Waals surface area contributed by atoms with E-state index in [4.69, 9.17) is 0 Å². The summed E-state index contributed by atoms with van der Waals surface area (Å²) < 4.78 is 0. The van der Waals surface area contributed by atoms with Gasteiger partial charge in [0.25, 0.3) is 0 Å². The van der Waals surface area contributed by atoms with Crippen LogP contribution in [-0.2, 0) is 11.2 Å². The Balaban J connectivity index is 1.98. The summed E-state index contributed by atoms with van der Waals surface area (Å²) in [7, 11) is 0. The summed E-state index contributed by atoms with van der Waals surface area (Å²) in [6.07, 6.45) is 0.933. The molecule has 0 aliphatic carbocycles. The van der Waals surface area contributed by atoms with Gasteiger partial charge in [-0.05, 0) is 31.4 Å². The Morgan fingerprint density at radius 3 is 3.00 bits per heavy atom. The lowest BCUT2D eigenvalue weighted by atomic mass is 10.1. The van der Waals surface area contributed by atoms with Crippen molar-refractivity contribution in [1.29, 1.82) is 0 Å². The van der Waals surface area contributed by atoms with E-state index in [-0.39, 0.29) is 5.91 Å². The minimum Gasteiger partial charge on any atom is -0.324 e. The van der Waals surface area contributed by atoms with Gasteiger partial charge in [0.1, 0.15) is 0 Å². The summed E-state index contributed by atoms with van der Waals surface area (Å²) >= 11 is 0. The van der Waals surface area contributed by atoms with Gasteiger partial charge in [0.05, 0.1) is 6.54 Å². The minimum absolute atomic E-state index is 0.0862. The number of nitrogens with zero attached hydrogens (tertiary/aromatic N) is 1. The van der Waals surface area contributed by atoms with E-state index in [1.54, 1.807) is 0 Å². The molecule has 2 rings (SSSR count). The number of aryl methyl sites for hydroxylation is 2. The van der Waals surface area contributed by atoms with E-state index in [0.717, 1.165) is 37.3 Å². The van der Waals surface area contributed by atoms with Crippen LogP contribution in [0, 0.1) is 6.92 Å². The number of anilines is 1. The molecule has 0 saturated carbocycles. The van der Waals surface area contributed by atoms with Crippen LogP contribution < -0.4 is 10.6 Å². The van der Waals surface area contributed by atoms with Crippen molar-refractivity contribution in [3.05, 3.63) is 29.3 Å². The minimum atomic E-state index is 0.0862. The molecule has 1 heterocycles. The number of rotatable bonds is 4. The van der Waals surface area contributed by atoms with E-state index in [9.17, 15) is 4.79 Å². The Morgan fingerprint density at radius 2 is 2.30 bits per heavy atom. The molecule has 0 spiro atoms. The van der Waals surface area contributed by atoms with Crippen LogP contribution in [0.15, 0.2) is 18.2 Å². The summed E-state index contributed by atoms with van der Waals surface area (Å²) in [5.41, 5.74) is 3.32. The first-order chi connectivity index (χ1) is 9.60. The molecule has 110 valence electrons. The standard InChI is InChI=1S/C16H25N3O/c1-4-14-7-5-6-12(2)16(14)18-15(20)11-19-9-8-17-13(3)10-19/h5-7,13,17H,4,8-11H2,1-3H3,(H,18,20)/t13-/m1/s1. The second-order valence-electron chi connectivity index (χ2n) is 5.60. The molecule has 1 aromatic carbocycles. The second-order valence-corrected chi connectivity index (χ2v) is 5.60. The smallest absolute Gasteiger partial charge is 0.238 e. The highest BCUT2D eigenvalue weighted by Crippen LogP contribution is 2.21. The second kappa shape index (κ2) is 6.86. The van der Waals surface area contributed by atoms with Crippen molar-refractivity contribution in [1.82, 2.24) is 10.2 Å². The molecule has 1 aromatic rings. The normalized spacial score (nSPS) is 19.9. The van der Waals surface area contributed by atoms with Crippen molar-refractivity contribution in [2.45, 2.75) is 33.2 Å². The molecule has 4 nitrogen and oxygen atoms in total. The predicted molar refractivity (Wildman–Crippen MR) is 83.1 cm³/mol. The van der Waals surface area contributed by atoms with E-state index >= 15 is 0 Å². The van der Waals surface area contributed by atoms with Crippen LogP contribution >= 0.6 is 0 Å². The number of amides is 1. The van der Waals surface area contributed by atoms with Crippen LogP contribution in [0.5, 0.6) is 0 Å². The van der Waals surface area contributed by atoms with E-state index in [0.29, 0.717) is 12.6 Å². The summed E-state index contributed by atoms with van der Waals surface area (Å²) in [5, 5.41) is 6.48. The molecule has 1 amide bonds. The Morgan fingerprint density at radius 1 is 1.50 bits per heavy atom. The van der Waals surface area contributed by atoms with Crippen LogP contribution in [-0.4, -0.2) is 43.0 Å². The highest BCUT2D eigenvalue weighted by atomic mass is 16.2. The van der Waals surface area contributed by atoms with Crippen molar-refractivity contribution in [2.75, 3.05) is 31.5 Å². The number of carbonyl (C=O) groups is 1. The topological polar surface area (TPSA) is 44.4 Å². The molecule has 0 radical (unpaired) electrons. The SMILES string of the molecule is CCc1cccc(C)c1NC(=O)CN1CCN[C@H](C)C1. The van der Waals surface area contributed by atoms with E-state index in [2.05, 4.69) is 35.4 Å². The van der Waals surface area contributed by atoms with Gasteiger partial charge in [0, 0.05) is 31.4 Å². The number of piperazine rings is 1. The third-order valence-electron chi connectivity index (χ3n) is 3.82. The van der Waals surface area contributed by atoms with E-state index in [1.807, 2.05) is 19.1 Å². The molecule has 1 fully saturated rings. The van der Waals surface area contributed by atoms with Gasteiger partial charge < -0.3 is 10.6 Å². The predicted octanol–water partition coefficient (Wildman–Crippen LogP) is 1.79. The first kappa shape index (κ1) is 15.0. The molecule has 4 heteroatoms. The number of carbonyl (C=O) groups excluding carboxylic acids is 1. The third kappa shape index (κ3) is 3.81.